The van der Waals surface area contributed by atoms with Gasteiger partial charge >= 0.3 is 0 Å². The van der Waals surface area contributed by atoms with Crippen molar-refractivity contribution in [1.29, 1.82) is 0 Å². The maximum atomic E-state index is 4.22. The first-order valence-electron chi connectivity index (χ1n) is 8.04. The molecule has 0 saturated heterocycles. The largest absolute Gasteiger partial charge is 0.309 e. The molecule has 0 aliphatic rings. The van der Waals surface area contributed by atoms with Gasteiger partial charge in [-0.05, 0) is 31.7 Å². The molecule has 22 heavy (non-hydrogen) atoms. The molecule has 0 bridgehead atoms. The first-order valence-corrected chi connectivity index (χ1v) is 8.04. The summed E-state index contributed by atoms with van der Waals surface area (Å²) < 4.78 is 0. The van der Waals surface area contributed by atoms with Gasteiger partial charge in [0.25, 0.3) is 0 Å². The summed E-state index contributed by atoms with van der Waals surface area (Å²) >= 11 is 0. The fraction of sp³-hybridized carbons (Fsp3) is 0.524. The predicted molar refractivity (Wildman–Crippen MR) is 101 cm³/mol. The summed E-state index contributed by atoms with van der Waals surface area (Å²) in [5.41, 5.74) is 4.18. The quantitative estimate of drug-likeness (QED) is 0.650. The third-order valence-electron chi connectivity index (χ3n) is 4.94. The molecule has 1 aromatic carbocycles. The first kappa shape index (κ1) is 20.7. The zero-order chi connectivity index (χ0) is 17.6. The summed E-state index contributed by atoms with van der Waals surface area (Å²) in [5, 5.41) is 3.69. The molecule has 1 N–H and O–H groups in total. The Labute approximate surface area is 138 Å². The average molecular weight is 302 g/mol. The molecule has 0 amide bonds. The topological polar surface area (TPSA) is 12.0 Å². The van der Waals surface area contributed by atoms with E-state index in [9.17, 15) is 0 Å². The highest BCUT2D eigenvalue weighted by atomic mass is 14.9. The third kappa shape index (κ3) is 5.14. The molecule has 0 fully saturated rings. The molecule has 0 aliphatic carbocycles. The van der Waals surface area contributed by atoms with Crippen LogP contribution in [0.5, 0.6) is 0 Å². The summed E-state index contributed by atoms with van der Waals surface area (Å²) in [4.78, 5) is 0. The van der Waals surface area contributed by atoms with Crippen molar-refractivity contribution in [1.82, 2.24) is 5.32 Å². The lowest BCUT2D eigenvalue weighted by Gasteiger charge is -2.43. The summed E-state index contributed by atoms with van der Waals surface area (Å²) in [7, 11) is 0. The van der Waals surface area contributed by atoms with Crippen LogP contribution in [-0.4, -0.2) is 6.54 Å². The minimum atomic E-state index is 0.0892. The number of hydrogen-bond donors (Lipinski definition) is 1. The Morgan fingerprint density at radius 1 is 1.09 bits per heavy atom. The second kappa shape index (κ2) is 8.33. The third-order valence-corrected chi connectivity index (χ3v) is 4.94. The van der Waals surface area contributed by atoms with E-state index in [-0.39, 0.29) is 10.8 Å². The normalized spacial score (nSPS) is 15.2. The van der Waals surface area contributed by atoms with Crippen LogP contribution in [0.4, 0.5) is 0 Å². The first-order chi connectivity index (χ1) is 10.1. The van der Waals surface area contributed by atoms with Crippen LogP contribution < -0.4 is 5.32 Å². The minimum Gasteiger partial charge on any atom is -0.309 e. The van der Waals surface area contributed by atoms with Crippen LogP contribution in [-0.2, 0) is 0 Å². The lowest BCUT2D eigenvalue weighted by Crippen LogP contribution is -2.43. The van der Waals surface area contributed by atoms with Gasteiger partial charge in [-0.15, -0.1) is 13.2 Å². The number of nitrogens with one attached hydrogen (secondary N) is 1. The van der Waals surface area contributed by atoms with E-state index in [1.807, 2.05) is 0 Å². The number of benzene rings is 1. The van der Waals surface area contributed by atoms with E-state index < -0.39 is 0 Å². The molecule has 1 nitrogen and oxygen atoms in total. The van der Waals surface area contributed by atoms with E-state index in [1.165, 1.54) is 16.7 Å². The predicted octanol–water partition coefficient (Wildman–Crippen LogP) is 6.08. The maximum absolute atomic E-state index is 4.22. The second-order valence-corrected chi connectivity index (χ2v) is 7.38. The molecular weight excluding hydrogens is 266 g/mol. The van der Waals surface area contributed by atoms with E-state index in [0.717, 1.165) is 6.54 Å². The molecule has 124 valence electrons. The highest BCUT2D eigenvalue weighted by Crippen LogP contribution is 2.43. The van der Waals surface area contributed by atoms with Crippen molar-refractivity contribution in [2.45, 2.75) is 54.5 Å². The Morgan fingerprint density at radius 3 is 1.91 bits per heavy atom. The van der Waals surface area contributed by atoms with E-state index in [2.05, 4.69) is 97.8 Å². The molecule has 0 aliphatic heterocycles. The Morgan fingerprint density at radius 2 is 1.55 bits per heavy atom. The summed E-state index contributed by atoms with van der Waals surface area (Å²) in [6, 6.07) is 9.13. The van der Waals surface area contributed by atoms with Crippen LogP contribution in [0.1, 0.15) is 58.7 Å². The van der Waals surface area contributed by atoms with Gasteiger partial charge in [0.15, 0.2) is 0 Å². The smallest absolute Gasteiger partial charge is 0.0292 e. The van der Waals surface area contributed by atoms with Gasteiger partial charge < -0.3 is 5.32 Å². The average Bonchev–Trinajstić information content (AvgIpc) is 2.45. The summed E-state index contributed by atoms with van der Waals surface area (Å²) in [6.07, 6.45) is 0. The van der Waals surface area contributed by atoms with Gasteiger partial charge in [0.2, 0.25) is 0 Å². The summed E-state index contributed by atoms with van der Waals surface area (Å²) in [6.45, 7) is 26.8. The van der Waals surface area contributed by atoms with Crippen LogP contribution in [0.3, 0.4) is 0 Å². The van der Waals surface area contributed by atoms with E-state index in [4.69, 9.17) is 0 Å². The Balaban J connectivity index is 0.00000211. The van der Waals surface area contributed by atoms with Crippen LogP contribution in [0.25, 0.3) is 0 Å². The van der Waals surface area contributed by atoms with E-state index >= 15 is 0 Å². The fourth-order valence-electron chi connectivity index (χ4n) is 2.39. The number of hydrogen-bond acceptors (Lipinski definition) is 1. The zero-order valence-corrected chi connectivity index (χ0v) is 15.7. The highest BCUT2D eigenvalue weighted by Gasteiger charge is 2.38. The molecule has 1 rings (SSSR count). The van der Waals surface area contributed by atoms with Crippen molar-refractivity contribution in [3.05, 3.63) is 60.7 Å². The minimum absolute atomic E-state index is 0.0892. The lowest BCUT2D eigenvalue weighted by atomic mass is 9.64. The van der Waals surface area contributed by atoms with Gasteiger partial charge in [-0.1, -0.05) is 69.7 Å². The molecule has 1 aromatic rings. The molecule has 0 aromatic heterocycles. The molecule has 2 unspecified atom stereocenters. The molecule has 0 heterocycles. The van der Waals surface area contributed by atoms with Crippen molar-refractivity contribution in [3.63, 3.8) is 0 Å². The van der Waals surface area contributed by atoms with Crippen molar-refractivity contribution < 1.29 is 0 Å². The lowest BCUT2D eigenvalue weighted by molar-refractivity contribution is 0.146. The van der Waals surface area contributed by atoms with Crippen molar-refractivity contribution in [3.8, 4) is 0 Å². The monoisotopic (exact) mass is 301 g/mol. The van der Waals surface area contributed by atoms with Crippen LogP contribution in [0.15, 0.2) is 49.6 Å². The molecule has 0 saturated carbocycles. The SMILES string of the molecule is C=C.C=C(C)C(C)(CNC(C)c1ccc(C)cc1)C(C)(C)C. The van der Waals surface area contributed by atoms with Crippen LogP contribution in [0.2, 0.25) is 0 Å². The van der Waals surface area contributed by atoms with Crippen molar-refractivity contribution in [2.24, 2.45) is 10.8 Å². The van der Waals surface area contributed by atoms with Gasteiger partial charge in [0.05, 0.1) is 0 Å². The van der Waals surface area contributed by atoms with Crippen LogP contribution >= 0.6 is 0 Å². The zero-order valence-electron chi connectivity index (χ0n) is 15.7. The highest BCUT2D eigenvalue weighted by molar-refractivity contribution is 5.24. The Kier molecular flexibility index (Phi) is 7.83. The fourth-order valence-corrected chi connectivity index (χ4v) is 2.39. The van der Waals surface area contributed by atoms with Gasteiger partial charge in [0.1, 0.15) is 0 Å². The number of rotatable bonds is 5. The van der Waals surface area contributed by atoms with E-state index in [0.29, 0.717) is 6.04 Å². The summed E-state index contributed by atoms with van der Waals surface area (Å²) in [5.74, 6) is 0. The number of aryl methyl sites for hydroxylation is 1. The van der Waals surface area contributed by atoms with Gasteiger partial charge in [-0.2, -0.15) is 0 Å². The Hall–Kier alpha value is -1.34. The van der Waals surface area contributed by atoms with Crippen LogP contribution in [0, 0.1) is 17.8 Å². The molecule has 0 spiro atoms. The van der Waals surface area contributed by atoms with Crippen molar-refractivity contribution in [2.75, 3.05) is 6.54 Å². The second-order valence-electron chi connectivity index (χ2n) is 7.38. The molecule has 1 heteroatoms. The molecular formula is C21H35N. The van der Waals surface area contributed by atoms with Gasteiger partial charge in [0, 0.05) is 18.0 Å². The van der Waals surface area contributed by atoms with Gasteiger partial charge in [-0.25, -0.2) is 0 Å². The molecule has 0 radical (unpaired) electrons. The van der Waals surface area contributed by atoms with E-state index in [1.54, 1.807) is 0 Å². The maximum Gasteiger partial charge on any atom is 0.0292 e. The molecule has 2 atom stereocenters. The van der Waals surface area contributed by atoms with Gasteiger partial charge in [-0.3, -0.25) is 0 Å². The Bertz CT molecular complexity index is 464. The van der Waals surface area contributed by atoms with Crippen molar-refractivity contribution >= 4 is 0 Å². The standard InChI is InChI=1S/C19H31N.C2H4/c1-14(2)19(8,18(5,6)7)13-20-16(4)17-11-9-15(3)10-12-17;1-2/h9-12,16,20H,1,13H2,2-8H3;1-2H2.